The number of halogens is 2. The van der Waals surface area contributed by atoms with E-state index in [4.69, 9.17) is 16.3 Å². The molecular weight excluding hydrogens is 761 g/mol. The molecule has 4 amide bonds. The molecule has 9 rings (SSSR count). The summed E-state index contributed by atoms with van der Waals surface area (Å²) in [6.45, 7) is 0. The first-order valence-corrected chi connectivity index (χ1v) is 19.2. The van der Waals surface area contributed by atoms with Gasteiger partial charge in [0.05, 0.1) is 41.7 Å². The second-order valence-corrected chi connectivity index (χ2v) is 15.5. The van der Waals surface area contributed by atoms with Gasteiger partial charge in [0.15, 0.2) is 5.78 Å². The Balaban J connectivity index is 1.16. The number of fused-ring (bicyclic) bond motifs is 4. The molecule has 0 bridgehead atoms. The van der Waals surface area contributed by atoms with Gasteiger partial charge in [0.2, 0.25) is 11.8 Å². The van der Waals surface area contributed by atoms with E-state index in [1.807, 2.05) is 12.1 Å². The minimum atomic E-state index is -1.66. The van der Waals surface area contributed by atoms with Crippen molar-refractivity contribution in [2.75, 3.05) is 17.4 Å². The second kappa shape index (κ2) is 14.1. The summed E-state index contributed by atoms with van der Waals surface area (Å²) in [5, 5.41) is 13.1. The molecule has 2 heterocycles. The lowest BCUT2D eigenvalue weighted by Crippen LogP contribution is -2.53. The molecule has 2 saturated heterocycles. The van der Waals surface area contributed by atoms with Gasteiger partial charge in [-0.05, 0) is 91.1 Å². The number of phenols is 1. The Morgan fingerprint density at radius 3 is 2.19 bits per heavy atom. The molecule has 5 aromatic carbocycles. The fraction of sp³-hybridized carbons (Fsp3) is 0.196. The van der Waals surface area contributed by atoms with Gasteiger partial charge in [0.1, 0.15) is 17.3 Å². The summed E-state index contributed by atoms with van der Waals surface area (Å²) in [6, 6.07) is 31.8. The van der Waals surface area contributed by atoms with Crippen LogP contribution in [-0.2, 0) is 24.6 Å². The van der Waals surface area contributed by atoms with E-state index in [0.29, 0.717) is 44.3 Å². The van der Waals surface area contributed by atoms with Gasteiger partial charge >= 0.3 is 0 Å². The highest BCUT2D eigenvalue weighted by atomic mass is 35.5. The van der Waals surface area contributed by atoms with Crippen LogP contribution in [-0.4, -0.2) is 46.6 Å². The number of benzene rings is 5. The van der Waals surface area contributed by atoms with Crippen molar-refractivity contribution in [1.82, 2.24) is 5.01 Å². The van der Waals surface area contributed by atoms with Crippen molar-refractivity contribution in [3.05, 3.63) is 166 Å². The van der Waals surface area contributed by atoms with E-state index in [9.17, 15) is 28.7 Å². The molecule has 290 valence electrons. The van der Waals surface area contributed by atoms with Crippen LogP contribution < -0.4 is 15.1 Å². The first-order valence-electron chi connectivity index (χ1n) is 18.8. The van der Waals surface area contributed by atoms with Crippen LogP contribution in [0.25, 0.3) is 0 Å². The van der Waals surface area contributed by atoms with E-state index in [2.05, 4.69) is 5.43 Å². The maximum absolute atomic E-state index is 15.3. The number of anilines is 2. The molecule has 4 aliphatic rings. The third-order valence-corrected chi connectivity index (χ3v) is 12.5. The number of aromatic hydroxyl groups is 1. The maximum Gasteiger partial charge on any atom is 0.260 e. The van der Waals surface area contributed by atoms with E-state index in [-0.39, 0.29) is 30.1 Å². The number of rotatable bonds is 8. The lowest BCUT2D eigenvalue weighted by Gasteiger charge is -2.50. The van der Waals surface area contributed by atoms with Crippen molar-refractivity contribution in [2.45, 2.75) is 24.2 Å². The maximum atomic E-state index is 15.3. The van der Waals surface area contributed by atoms with Gasteiger partial charge in [-0.2, -0.15) is 5.01 Å². The van der Waals surface area contributed by atoms with Crippen LogP contribution >= 0.6 is 11.6 Å². The largest absolute Gasteiger partial charge is 0.508 e. The Kier molecular flexibility index (Phi) is 9.00. The molecule has 1 saturated carbocycles. The van der Waals surface area contributed by atoms with Gasteiger partial charge in [-0.25, -0.2) is 4.39 Å². The monoisotopic (exact) mass is 795 g/mol. The predicted molar refractivity (Wildman–Crippen MR) is 212 cm³/mol. The summed E-state index contributed by atoms with van der Waals surface area (Å²) in [5.74, 6) is -7.04. The molecule has 58 heavy (non-hydrogen) atoms. The van der Waals surface area contributed by atoms with Gasteiger partial charge in [-0.1, -0.05) is 71.8 Å². The fourth-order valence-corrected chi connectivity index (χ4v) is 9.79. The number of methoxy groups -OCH3 is 1. The summed E-state index contributed by atoms with van der Waals surface area (Å²) >= 11 is 6.37. The van der Waals surface area contributed by atoms with Crippen LogP contribution in [0.15, 0.2) is 133 Å². The Labute approximate surface area is 337 Å². The minimum absolute atomic E-state index is 0.0204. The standard InChI is InChI=1S/C46H35ClFN3O7/c1-58-32-19-20-34(38(52)23-32)40-33-21-22-35-39(44(56)50(42(35)54)31-17-7-26(8-18-31)41(53)25-5-3-2-4-6-25)36(33)24-37-43(55)51(49-30-15-13-29(48)14-16-30)45(57)46(37,40)27-9-11-28(47)12-10-27/h2-21,23,35-37,39-40,49,52H,22,24H2,1H3/t35-,36+,37-,39-,40+,46+/m0/s1. The Morgan fingerprint density at radius 1 is 0.828 bits per heavy atom. The topological polar surface area (TPSA) is 133 Å². The molecular formula is C46H35ClFN3O7. The van der Waals surface area contributed by atoms with Crippen molar-refractivity contribution in [3.63, 3.8) is 0 Å². The predicted octanol–water partition coefficient (Wildman–Crippen LogP) is 7.61. The minimum Gasteiger partial charge on any atom is -0.508 e. The SMILES string of the molecule is COc1ccc([C@H]2C3=CC[C@@H]4C(=O)N(c5ccc(C(=O)c6ccccc6)cc5)C(=O)[C@@H]4[C@@H]3C[C@H]3C(=O)N(Nc4ccc(F)cc4)C(=O)[C@@]23c2ccc(Cl)cc2)c(O)c1. The molecule has 10 nitrogen and oxygen atoms in total. The number of nitrogens with zero attached hydrogens (tertiary/aromatic N) is 2. The summed E-state index contributed by atoms with van der Waals surface area (Å²) < 4.78 is 19.3. The normalized spacial score (nSPS) is 24.9. The summed E-state index contributed by atoms with van der Waals surface area (Å²) in [5.41, 5.74) is 4.19. The molecule has 6 atom stereocenters. The molecule has 2 aliphatic heterocycles. The van der Waals surface area contributed by atoms with Crippen molar-refractivity contribution < 1.29 is 38.2 Å². The van der Waals surface area contributed by atoms with Crippen molar-refractivity contribution in [3.8, 4) is 11.5 Å². The zero-order valence-corrected chi connectivity index (χ0v) is 31.7. The number of hydrazine groups is 1. The van der Waals surface area contributed by atoms with Crippen molar-refractivity contribution >= 4 is 52.4 Å². The van der Waals surface area contributed by atoms with Crippen molar-refractivity contribution in [2.24, 2.45) is 23.7 Å². The number of ketones is 1. The summed E-state index contributed by atoms with van der Waals surface area (Å²) in [7, 11) is 1.46. The van der Waals surface area contributed by atoms with Gasteiger partial charge in [-0.15, -0.1) is 0 Å². The van der Waals surface area contributed by atoms with Crippen LogP contribution in [0, 0.1) is 29.5 Å². The van der Waals surface area contributed by atoms with Gasteiger partial charge < -0.3 is 9.84 Å². The van der Waals surface area contributed by atoms with Gasteiger partial charge in [0, 0.05) is 33.7 Å². The fourth-order valence-electron chi connectivity index (χ4n) is 9.67. The van der Waals surface area contributed by atoms with Gasteiger partial charge in [0.25, 0.3) is 11.8 Å². The van der Waals surface area contributed by atoms with Gasteiger partial charge in [-0.3, -0.25) is 34.3 Å². The first kappa shape index (κ1) is 37.0. The Hall–Kier alpha value is -6.59. The number of phenolic OH excluding ortho intramolecular Hbond substituents is 1. The molecule has 0 unspecified atom stereocenters. The van der Waals surface area contributed by atoms with Crippen LogP contribution in [0.5, 0.6) is 11.5 Å². The van der Waals surface area contributed by atoms with E-state index in [1.54, 1.807) is 84.9 Å². The zero-order chi connectivity index (χ0) is 40.5. The van der Waals surface area contributed by atoms with Crippen LogP contribution in [0.1, 0.15) is 45.8 Å². The van der Waals surface area contributed by atoms with E-state index in [0.717, 1.165) is 9.91 Å². The molecule has 0 aromatic heterocycles. The van der Waals surface area contributed by atoms with Crippen LogP contribution in [0.3, 0.4) is 0 Å². The Bertz CT molecular complexity index is 2550. The zero-order valence-electron chi connectivity index (χ0n) is 31.0. The number of nitrogens with one attached hydrogen (secondary N) is 1. The molecule has 3 fully saturated rings. The number of carbonyl (C=O) groups is 5. The van der Waals surface area contributed by atoms with Crippen LogP contribution in [0.2, 0.25) is 5.02 Å². The first-order chi connectivity index (χ1) is 28.0. The molecule has 5 aromatic rings. The highest BCUT2D eigenvalue weighted by Crippen LogP contribution is 2.65. The lowest BCUT2D eigenvalue weighted by molar-refractivity contribution is -0.138. The number of allylic oxidation sites excluding steroid dienone is 2. The molecule has 0 radical (unpaired) electrons. The summed E-state index contributed by atoms with van der Waals surface area (Å²) in [4.78, 5) is 73.5. The van der Waals surface area contributed by atoms with E-state index < -0.39 is 64.5 Å². The Morgan fingerprint density at radius 2 is 1.52 bits per heavy atom. The molecule has 2 aliphatic carbocycles. The number of imide groups is 2. The third-order valence-electron chi connectivity index (χ3n) is 12.2. The average Bonchev–Trinajstić information content (AvgIpc) is 3.62. The van der Waals surface area contributed by atoms with E-state index >= 15 is 4.79 Å². The lowest BCUT2D eigenvalue weighted by atomic mass is 9.49. The molecule has 0 spiro atoms. The number of hydrogen-bond acceptors (Lipinski definition) is 8. The second-order valence-electron chi connectivity index (χ2n) is 15.1. The highest BCUT2D eigenvalue weighted by Gasteiger charge is 2.70. The smallest absolute Gasteiger partial charge is 0.260 e. The molecule has 12 heteroatoms. The average molecular weight is 796 g/mol. The molecule has 2 N–H and O–H groups in total. The van der Waals surface area contributed by atoms with E-state index in [1.165, 1.54) is 37.4 Å². The number of hydrogen-bond donors (Lipinski definition) is 2. The number of carbonyl (C=O) groups excluding carboxylic acids is 5. The highest BCUT2D eigenvalue weighted by molar-refractivity contribution is 6.30. The number of amides is 4. The quantitative estimate of drug-likeness (QED) is 0.0932. The summed E-state index contributed by atoms with van der Waals surface area (Å²) in [6.07, 6.45) is 2.07. The number of ether oxygens (including phenoxy) is 1. The van der Waals surface area contributed by atoms with Crippen molar-refractivity contribution in [1.29, 1.82) is 0 Å². The van der Waals surface area contributed by atoms with Crippen LogP contribution in [0.4, 0.5) is 15.8 Å². The third kappa shape index (κ3) is 5.63.